The lowest BCUT2D eigenvalue weighted by atomic mass is 10.1. The lowest BCUT2D eigenvalue weighted by Gasteiger charge is -2.30. The van der Waals surface area contributed by atoms with Crippen LogP contribution in [-0.2, 0) is 9.59 Å². The van der Waals surface area contributed by atoms with E-state index in [0.717, 1.165) is 4.90 Å². The summed E-state index contributed by atoms with van der Waals surface area (Å²) in [4.78, 5) is 42.5. The first-order valence-electron chi connectivity index (χ1n) is 6.65. The van der Waals surface area contributed by atoms with E-state index in [1.54, 1.807) is 7.05 Å². The molecule has 1 atom stereocenters. The molecule has 2 rings (SSSR count). The van der Waals surface area contributed by atoms with Crippen LogP contribution in [0.25, 0.3) is 0 Å². The van der Waals surface area contributed by atoms with Crippen molar-refractivity contribution in [3.63, 3.8) is 0 Å². The highest BCUT2D eigenvalue weighted by Gasteiger charge is 2.50. The third-order valence-electron chi connectivity index (χ3n) is 3.24. The van der Waals surface area contributed by atoms with Crippen molar-refractivity contribution in [1.82, 2.24) is 15.1 Å². The third-order valence-corrected chi connectivity index (χ3v) is 3.24. The number of fused-ring (bicyclic) bond motifs is 1. The quantitative estimate of drug-likeness (QED) is 0.680. The van der Waals surface area contributed by atoms with Gasteiger partial charge in [0.1, 0.15) is 0 Å². The molecule has 0 aromatic heterocycles. The molecule has 0 spiro atoms. The predicted octanol–water partition coefficient (Wildman–Crippen LogP) is -0.754. The molecule has 2 aliphatic rings. The molecule has 4 amide bonds. The van der Waals surface area contributed by atoms with Crippen molar-refractivity contribution in [3.8, 4) is 0 Å². The normalized spacial score (nSPS) is 22.0. The fourth-order valence-electron chi connectivity index (χ4n) is 2.30. The number of carbonyl (C=O) groups is 3. The maximum atomic E-state index is 12.2. The largest absolute Gasteiger partial charge is 0.348 e. The van der Waals surface area contributed by atoms with Crippen LogP contribution in [0.2, 0.25) is 0 Å². The van der Waals surface area contributed by atoms with Gasteiger partial charge in [-0.25, -0.2) is 9.37 Å². The number of rotatable bonds is 2. The van der Waals surface area contributed by atoms with Gasteiger partial charge in [-0.15, -0.1) is 0 Å². The molecular weight excluding hydrogens is 274 g/mol. The first-order valence-corrected chi connectivity index (χ1v) is 6.65. The Morgan fingerprint density at radius 3 is 2.52 bits per heavy atom. The molecule has 8 nitrogen and oxygen atoms in total. The molecular formula is C13H20N5O3+. The van der Waals surface area contributed by atoms with Gasteiger partial charge >= 0.3 is 6.03 Å². The summed E-state index contributed by atoms with van der Waals surface area (Å²) >= 11 is 0. The van der Waals surface area contributed by atoms with Gasteiger partial charge in [0.05, 0.1) is 0 Å². The van der Waals surface area contributed by atoms with Crippen LogP contribution in [0.15, 0.2) is 4.99 Å². The molecule has 114 valence electrons. The average molecular weight is 294 g/mol. The van der Waals surface area contributed by atoms with Crippen LogP contribution in [-0.4, -0.2) is 76.6 Å². The Balaban J connectivity index is 2.14. The molecule has 0 radical (unpaired) electrons. The monoisotopic (exact) mass is 294 g/mol. The van der Waals surface area contributed by atoms with Crippen molar-refractivity contribution in [2.75, 3.05) is 20.6 Å². The molecule has 1 N–H and O–H groups in total. The highest BCUT2D eigenvalue weighted by Crippen LogP contribution is 2.16. The Morgan fingerprint density at radius 1 is 1.33 bits per heavy atom. The van der Waals surface area contributed by atoms with Gasteiger partial charge in [-0.2, -0.15) is 0 Å². The minimum absolute atomic E-state index is 0.0105. The van der Waals surface area contributed by atoms with Crippen molar-refractivity contribution in [1.29, 1.82) is 0 Å². The molecule has 0 bridgehead atoms. The van der Waals surface area contributed by atoms with E-state index >= 15 is 0 Å². The number of hydrogen-bond acceptors (Lipinski definition) is 4. The molecule has 1 saturated heterocycles. The molecule has 0 saturated carbocycles. The first kappa shape index (κ1) is 15.1. The van der Waals surface area contributed by atoms with Gasteiger partial charge in [-0.3, -0.25) is 19.4 Å². The second-order valence-corrected chi connectivity index (χ2v) is 6.21. The number of hydrogen-bond donors (Lipinski definition) is 1. The van der Waals surface area contributed by atoms with Crippen LogP contribution in [0.3, 0.4) is 0 Å². The van der Waals surface area contributed by atoms with E-state index in [2.05, 4.69) is 10.3 Å². The van der Waals surface area contributed by atoms with Gasteiger partial charge < -0.3 is 5.32 Å². The van der Waals surface area contributed by atoms with Crippen LogP contribution in [0.5, 0.6) is 0 Å². The molecule has 8 heteroatoms. The second kappa shape index (κ2) is 4.94. The number of imide groups is 1. The van der Waals surface area contributed by atoms with Crippen molar-refractivity contribution in [2.24, 2.45) is 4.99 Å². The number of likely N-dealkylation sites (N-methyl/N-ethyl adjacent to an activating group) is 2. The summed E-state index contributed by atoms with van der Waals surface area (Å²) < 4.78 is 1.54. The number of urea groups is 1. The Kier molecular flexibility index (Phi) is 3.56. The zero-order valence-corrected chi connectivity index (χ0v) is 12.9. The standard InChI is InChI=1S/C13H19N5O3/c1-13(2,3)15-8(19)6-18-7-14-10-9(18)11(20)17(5)12(21)16(10)4/h7,9H,6H2,1-5H3/p+1. The summed E-state index contributed by atoms with van der Waals surface area (Å²) in [5.41, 5.74) is -0.347. The van der Waals surface area contributed by atoms with Crippen molar-refractivity contribution >= 4 is 30.0 Å². The molecule has 21 heavy (non-hydrogen) atoms. The summed E-state index contributed by atoms with van der Waals surface area (Å²) in [5.74, 6) is -0.231. The zero-order chi connectivity index (χ0) is 15.9. The molecule has 0 aliphatic carbocycles. The average Bonchev–Trinajstić information content (AvgIpc) is 2.75. The van der Waals surface area contributed by atoms with Gasteiger partial charge in [0.25, 0.3) is 30.0 Å². The lowest BCUT2D eigenvalue weighted by Crippen LogP contribution is -2.62. The van der Waals surface area contributed by atoms with Crippen molar-refractivity contribution in [3.05, 3.63) is 0 Å². The second-order valence-electron chi connectivity index (χ2n) is 6.21. The number of carbonyl (C=O) groups excluding carboxylic acids is 3. The summed E-state index contributed by atoms with van der Waals surface area (Å²) in [6.45, 7) is 5.65. The summed E-state index contributed by atoms with van der Waals surface area (Å²) in [7, 11) is 2.98. The molecule has 0 aromatic rings. The van der Waals surface area contributed by atoms with E-state index in [4.69, 9.17) is 0 Å². The minimum Gasteiger partial charge on any atom is -0.348 e. The van der Waals surface area contributed by atoms with Crippen LogP contribution in [0, 0.1) is 0 Å². The Labute approximate surface area is 123 Å². The van der Waals surface area contributed by atoms with Crippen molar-refractivity contribution < 1.29 is 19.0 Å². The minimum atomic E-state index is -0.719. The third kappa shape index (κ3) is 2.79. The van der Waals surface area contributed by atoms with Gasteiger partial charge in [0.15, 0.2) is 6.54 Å². The van der Waals surface area contributed by atoms with Gasteiger partial charge in [-0.05, 0) is 25.8 Å². The Bertz CT molecular complexity index is 573. The molecule has 1 unspecified atom stereocenters. The van der Waals surface area contributed by atoms with Crippen LogP contribution < -0.4 is 5.32 Å². The van der Waals surface area contributed by atoms with E-state index < -0.39 is 12.1 Å². The van der Waals surface area contributed by atoms with Crippen LogP contribution in [0.4, 0.5) is 4.79 Å². The maximum absolute atomic E-state index is 12.2. The van der Waals surface area contributed by atoms with E-state index in [-0.39, 0.29) is 23.9 Å². The SMILES string of the molecule is CN1C(=O)C2C(=NC=[N+]2CC(=O)NC(C)(C)C)N(C)C1=O. The highest BCUT2D eigenvalue weighted by molar-refractivity contribution is 6.21. The highest BCUT2D eigenvalue weighted by atomic mass is 16.2. The Morgan fingerprint density at radius 2 is 1.95 bits per heavy atom. The van der Waals surface area contributed by atoms with E-state index in [9.17, 15) is 14.4 Å². The lowest BCUT2D eigenvalue weighted by molar-refractivity contribution is -0.520. The molecule has 0 aromatic carbocycles. The Hall–Kier alpha value is -2.25. The van der Waals surface area contributed by atoms with Crippen molar-refractivity contribution in [2.45, 2.75) is 32.4 Å². The number of aliphatic imine (C=N–C) groups is 1. The van der Waals surface area contributed by atoms with E-state index in [1.165, 1.54) is 22.9 Å². The zero-order valence-electron chi connectivity index (χ0n) is 12.9. The van der Waals surface area contributed by atoms with Gasteiger partial charge in [0, 0.05) is 19.6 Å². The molecule has 2 aliphatic heterocycles. The van der Waals surface area contributed by atoms with Crippen LogP contribution >= 0.6 is 0 Å². The van der Waals surface area contributed by atoms with Gasteiger partial charge in [0.2, 0.25) is 0 Å². The number of nitrogens with zero attached hydrogens (tertiary/aromatic N) is 4. The number of nitrogens with one attached hydrogen (secondary N) is 1. The van der Waals surface area contributed by atoms with Crippen LogP contribution in [0.1, 0.15) is 20.8 Å². The number of amidine groups is 1. The van der Waals surface area contributed by atoms with Gasteiger partial charge in [-0.1, -0.05) is 0 Å². The summed E-state index contributed by atoms with van der Waals surface area (Å²) in [6.07, 6.45) is 1.43. The topological polar surface area (TPSA) is 85.1 Å². The predicted molar refractivity (Wildman–Crippen MR) is 76.2 cm³/mol. The van der Waals surface area contributed by atoms with E-state index in [1.807, 2.05) is 20.8 Å². The molecule has 2 heterocycles. The summed E-state index contributed by atoms with van der Waals surface area (Å²) in [5, 5.41) is 2.83. The fraction of sp³-hybridized carbons (Fsp3) is 0.615. The smallest absolute Gasteiger partial charge is 0.333 e. The summed E-state index contributed by atoms with van der Waals surface area (Å²) in [6, 6.07) is -1.15. The molecule has 1 fully saturated rings. The fourth-order valence-corrected chi connectivity index (χ4v) is 2.30. The van der Waals surface area contributed by atoms with E-state index in [0.29, 0.717) is 5.84 Å². The number of amides is 4. The maximum Gasteiger partial charge on any atom is 0.333 e. The first-order chi connectivity index (χ1) is 9.61.